The SMILES string of the molecule is Nc1cccc(C(=O)c2c[nH]c(C(=O)O)c2)c1Cl. The molecule has 0 spiro atoms. The minimum atomic E-state index is -1.13. The van der Waals surface area contributed by atoms with Crippen LogP contribution < -0.4 is 5.73 Å². The van der Waals surface area contributed by atoms with E-state index >= 15 is 0 Å². The molecule has 4 N–H and O–H groups in total. The van der Waals surface area contributed by atoms with Crippen molar-refractivity contribution in [2.45, 2.75) is 0 Å². The number of H-pyrrole nitrogens is 1. The zero-order valence-electron chi connectivity index (χ0n) is 9.11. The number of nitrogens with one attached hydrogen (secondary N) is 1. The lowest BCUT2D eigenvalue weighted by atomic mass is 10.1. The number of hydrogen-bond donors (Lipinski definition) is 3. The van der Waals surface area contributed by atoms with Crippen LogP contribution in [-0.4, -0.2) is 21.8 Å². The van der Waals surface area contributed by atoms with E-state index in [1.807, 2.05) is 0 Å². The number of aromatic carboxylic acids is 1. The molecule has 0 aliphatic carbocycles. The summed E-state index contributed by atoms with van der Waals surface area (Å²) in [5.74, 6) is -1.51. The molecule has 0 aliphatic heterocycles. The van der Waals surface area contributed by atoms with E-state index in [1.165, 1.54) is 18.3 Å². The summed E-state index contributed by atoms with van der Waals surface area (Å²) in [4.78, 5) is 25.3. The molecular formula is C12H9ClN2O3. The molecule has 0 bridgehead atoms. The van der Waals surface area contributed by atoms with Crippen LogP contribution in [0.4, 0.5) is 5.69 Å². The minimum absolute atomic E-state index is 0.0571. The first kappa shape index (κ1) is 12.2. The highest BCUT2D eigenvalue weighted by Crippen LogP contribution is 2.25. The summed E-state index contributed by atoms with van der Waals surface area (Å²) in [6.07, 6.45) is 1.32. The monoisotopic (exact) mass is 264 g/mol. The Balaban J connectivity index is 2.41. The van der Waals surface area contributed by atoms with E-state index in [1.54, 1.807) is 12.1 Å². The van der Waals surface area contributed by atoms with E-state index in [4.69, 9.17) is 22.4 Å². The summed E-state index contributed by atoms with van der Waals surface area (Å²) >= 11 is 5.93. The summed E-state index contributed by atoms with van der Waals surface area (Å²) in [5.41, 5.74) is 6.31. The van der Waals surface area contributed by atoms with Crippen molar-refractivity contribution < 1.29 is 14.7 Å². The lowest BCUT2D eigenvalue weighted by Gasteiger charge is -2.03. The number of hydrogen-bond acceptors (Lipinski definition) is 3. The van der Waals surface area contributed by atoms with Crippen LogP contribution in [0.3, 0.4) is 0 Å². The molecule has 0 amide bonds. The van der Waals surface area contributed by atoms with Crippen LogP contribution in [0.25, 0.3) is 0 Å². The molecule has 6 heteroatoms. The molecule has 5 nitrogen and oxygen atoms in total. The van der Waals surface area contributed by atoms with Crippen LogP contribution in [0.1, 0.15) is 26.4 Å². The molecule has 0 aliphatic rings. The van der Waals surface area contributed by atoms with Crippen LogP contribution in [0.15, 0.2) is 30.5 Å². The number of ketones is 1. The molecular weight excluding hydrogens is 256 g/mol. The van der Waals surface area contributed by atoms with Crippen LogP contribution in [-0.2, 0) is 0 Å². The summed E-state index contributed by atoms with van der Waals surface area (Å²) in [7, 11) is 0. The number of rotatable bonds is 3. The number of nitrogens with two attached hydrogens (primary N) is 1. The molecule has 0 atom stereocenters. The molecule has 0 saturated carbocycles. The molecule has 92 valence electrons. The number of nitrogen functional groups attached to an aromatic ring is 1. The third-order valence-electron chi connectivity index (χ3n) is 2.45. The predicted molar refractivity (Wildman–Crippen MR) is 67.0 cm³/mol. The van der Waals surface area contributed by atoms with Crippen molar-refractivity contribution in [3.63, 3.8) is 0 Å². The quantitative estimate of drug-likeness (QED) is 0.585. The van der Waals surface area contributed by atoms with Crippen LogP contribution >= 0.6 is 11.6 Å². The van der Waals surface area contributed by atoms with E-state index in [2.05, 4.69) is 4.98 Å². The number of halogens is 1. The third kappa shape index (κ3) is 2.08. The largest absolute Gasteiger partial charge is 0.477 e. The van der Waals surface area contributed by atoms with Gasteiger partial charge in [0.2, 0.25) is 0 Å². The number of anilines is 1. The van der Waals surface area contributed by atoms with Crippen LogP contribution in [0.5, 0.6) is 0 Å². The fraction of sp³-hybridized carbons (Fsp3) is 0. The fourth-order valence-corrected chi connectivity index (χ4v) is 1.74. The Morgan fingerprint density at radius 1 is 1.33 bits per heavy atom. The van der Waals surface area contributed by atoms with Gasteiger partial charge in [-0.25, -0.2) is 4.79 Å². The number of benzene rings is 1. The van der Waals surface area contributed by atoms with Gasteiger partial charge in [-0.1, -0.05) is 17.7 Å². The summed E-state index contributed by atoms with van der Waals surface area (Å²) in [6, 6.07) is 5.98. The lowest BCUT2D eigenvalue weighted by molar-refractivity contribution is 0.0691. The van der Waals surface area contributed by atoms with E-state index in [9.17, 15) is 9.59 Å². The molecule has 2 rings (SSSR count). The number of carbonyl (C=O) groups is 2. The first-order valence-corrected chi connectivity index (χ1v) is 5.39. The zero-order valence-corrected chi connectivity index (χ0v) is 9.86. The molecule has 2 aromatic rings. The molecule has 1 aromatic carbocycles. The second-order valence-corrected chi connectivity index (χ2v) is 4.02. The van der Waals surface area contributed by atoms with Gasteiger partial charge in [0.15, 0.2) is 5.78 Å². The molecule has 1 heterocycles. The van der Waals surface area contributed by atoms with Crippen molar-refractivity contribution >= 4 is 29.0 Å². The summed E-state index contributed by atoms with van der Waals surface area (Å²) < 4.78 is 0. The molecule has 18 heavy (non-hydrogen) atoms. The van der Waals surface area contributed by atoms with Gasteiger partial charge in [0, 0.05) is 17.3 Å². The minimum Gasteiger partial charge on any atom is -0.477 e. The normalized spacial score (nSPS) is 10.3. The molecule has 0 saturated heterocycles. The van der Waals surface area contributed by atoms with Crippen molar-refractivity contribution in [3.8, 4) is 0 Å². The average Bonchev–Trinajstić information content (AvgIpc) is 2.81. The van der Waals surface area contributed by atoms with Crippen molar-refractivity contribution in [3.05, 3.63) is 52.3 Å². The van der Waals surface area contributed by atoms with Gasteiger partial charge in [0.1, 0.15) is 5.69 Å². The average molecular weight is 265 g/mol. The maximum absolute atomic E-state index is 12.1. The highest BCUT2D eigenvalue weighted by Gasteiger charge is 2.17. The topological polar surface area (TPSA) is 96.2 Å². The van der Waals surface area contributed by atoms with Gasteiger partial charge in [0.25, 0.3) is 0 Å². The van der Waals surface area contributed by atoms with Gasteiger partial charge in [-0.3, -0.25) is 4.79 Å². The zero-order chi connectivity index (χ0) is 13.3. The Hall–Kier alpha value is -2.27. The lowest BCUT2D eigenvalue weighted by Crippen LogP contribution is -2.02. The number of aromatic nitrogens is 1. The van der Waals surface area contributed by atoms with Crippen molar-refractivity contribution in [1.29, 1.82) is 0 Å². The van der Waals surface area contributed by atoms with Gasteiger partial charge >= 0.3 is 5.97 Å². The Labute approximate surface area is 107 Å². The molecule has 0 radical (unpaired) electrons. The Bertz CT molecular complexity index is 634. The van der Waals surface area contributed by atoms with E-state index < -0.39 is 5.97 Å². The van der Waals surface area contributed by atoms with Gasteiger partial charge < -0.3 is 15.8 Å². The van der Waals surface area contributed by atoms with Gasteiger partial charge in [0.05, 0.1) is 10.7 Å². The third-order valence-corrected chi connectivity index (χ3v) is 2.87. The standard InChI is InChI=1S/C12H9ClN2O3/c13-10-7(2-1-3-8(10)14)11(16)6-4-9(12(17)18)15-5-6/h1-5,15H,14H2,(H,17,18). The fourth-order valence-electron chi connectivity index (χ4n) is 1.53. The highest BCUT2D eigenvalue weighted by atomic mass is 35.5. The number of carboxylic acid groups (broad SMARTS) is 1. The van der Waals surface area contributed by atoms with Crippen molar-refractivity contribution in [2.75, 3.05) is 5.73 Å². The van der Waals surface area contributed by atoms with Crippen LogP contribution in [0, 0.1) is 0 Å². The number of carboxylic acids is 1. The maximum Gasteiger partial charge on any atom is 0.352 e. The smallest absolute Gasteiger partial charge is 0.352 e. The van der Waals surface area contributed by atoms with Crippen molar-refractivity contribution in [1.82, 2.24) is 4.98 Å². The second kappa shape index (κ2) is 4.54. The van der Waals surface area contributed by atoms with E-state index in [0.717, 1.165) is 0 Å². The van der Waals surface area contributed by atoms with Gasteiger partial charge in [-0.2, -0.15) is 0 Å². The van der Waals surface area contributed by atoms with E-state index in [0.29, 0.717) is 5.69 Å². The second-order valence-electron chi connectivity index (χ2n) is 3.65. The number of carbonyl (C=O) groups excluding carboxylic acids is 1. The molecule has 0 fully saturated rings. The Kier molecular flexibility index (Phi) is 3.08. The molecule has 0 unspecified atom stereocenters. The first-order valence-electron chi connectivity index (χ1n) is 5.01. The van der Waals surface area contributed by atoms with Crippen molar-refractivity contribution in [2.24, 2.45) is 0 Å². The highest BCUT2D eigenvalue weighted by molar-refractivity contribution is 6.37. The van der Waals surface area contributed by atoms with E-state index in [-0.39, 0.29) is 27.6 Å². The van der Waals surface area contributed by atoms with Crippen LogP contribution in [0.2, 0.25) is 5.02 Å². The van der Waals surface area contributed by atoms with Gasteiger partial charge in [-0.15, -0.1) is 0 Å². The molecule has 1 aromatic heterocycles. The first-order chi connectivity index (χ1) is 8.50. The Morgan fingerprint density at radius 2 is 2.06 bits per heavy atom. The van der Waals surface area contributed by atoms with Gasteiger partial charge in [-0.05, 0) is 18.2 Å². The predicted octanol–water partition coefficient (Wildman–Crippen LogP) is 2.18. The summed E-state index contributed by atoms with van der Waals surface area (Å²) in [5, 5.41) is 8.93. The summed E-state index contributed by atoms with van der Waals surface area (Å²) in [6.45, 7) is 0. The number of aromatic amines is 1. The Morgan fingerprint density at radius 3 is 2.67 bits per heavy atom. The maximum atomic E-state index is 12.1.